The third-order valence-electron chi connectivity index (χ3n) is 2.49. The molecule has 76 valence electrons. The maximum absolute atomic E-state index is 5.53. The van der Waals surface area contributed by atoms with E-state index < -0.39 is 0 Å². The zero-order valence-electron chi connectivity index (χ0n) is 8.30. The van der Waals surface area contributed by atoms with Crippen molar-refractivity contribution in [1.29, 1.82) is 0 Å². The van der Waals surface area contributed by atoms with E-state index >= 15 is 0 Å². The summed E-state index contributed by atoms with van der Waals surface area (Å²) in [5.74, 6) is 0. The van der Waals surface area contributed by atoms with E-state index in [1.165, 1.54) is 19.4 Å². The average Bonchev–Trinajstić information content (AvgIpc) is 2.65. The molecule has 3 heteroatoms. The quantitative estimate of drug-likeness (QED) is 0.732. The number of rotatable bonds is 5. The lowest BCUT2D eigenvalue weighted by molar-refractivity contribution is 0.231. The minimum Gasteiger partial charge on any atom is -0.315 e. The Morgan fingerprint density at radius 1 is 1.62 bits per heavy atom. The molecule has 0 spiro atoms. The van der Waals surface area contributed by atoms with Gasteiger partial charge < -0.3 is 5.32 Å². The Morgan fingerprint density at radius 2 is 2.46 bits per heavy atom. The summed E-state index contributed by atoms with van der Waals surface area (Å²) >= 11 is 5.53. The molecule has 1 N–H and O–H groups in total. The van der Waals surface area contributed by atoms with Gasteiger partial charge in [-0.25, -0.2) is 0 Å². The predicted octanol–water partition coefficient (Wildman–Crippen LogP) is 1.81. The second-order valence-corrected chi connectivity index (χ2v) is 3.76. The van der Waals surface area contributed by atoms with E-state index in [-0.39, 0.29) is 0 Å². The molecule has 0 aliphatic carbocycles. The average molecular weight is 203 g/mol. The molecule has 0 radical (unpaired) electrons. The molecule has 1 rings (SSSR count). The normalized spacial score (nSPS) is 23.5. The lowest BCUT2D eigenvalue weighted by atomic mass is 10.2. The molecular formula is C10H19ClN2. The summed E-state index contributed by atoms with van der Waals surface area (Å²) in [5, 5.41) is 3.39. The van der Waals surface area contributed by atoms with Crippen LogP contribution in [0.15, 0.2) is 11.6 Å². The summed E-state index contributed by atoms with van der Waals surface area (Å²) in [4.78, 5) is 2.50. The molecule has 0 aromatic heterocycles. The van der Waals surface area contributed by atoms with Crippen LogP contribution in [0.1, 0.15) is 19.8 Å². The van der Waals surface area contributed by atoms with Gasteiger partial charge in [-0.15, -0.1) is 0 Å². The zero-order chi connectivity index (χ0) is 9.52. The van der Waals surface area contributed by atoms with Crippen molar-refractivity contribution < 1.29 is 0 Å². The van der Waals surface area contributed by atoms with Gasteiger partial charge in [0.2, 0.25) is 0 Å². The Kier molecular flexibility index (Phi) is 5.44. The molecule has 0 aromatic rings. The summed E-state index contributed by atoms with van der Waals surface area (Å²) < 4.78 is 0. The van der Waals surface area contributed by atoms with Crippen molar-refractivity contribution >= 4 is 11.6 Å². The van der Waals surface area contributed by atoms with Gasteiger partial charge in [-0.3, -0.25) is 4.90 Å². The highest BCUT2D eigenvalue weighted by atomic mass is 35.5. The van der Waals surface area contributed by atoms with Crippen LogP contribution in [-0.2, 0) is 0 Å². The minimum absolute atomic E-state index is 0.716. The molecule has 13 heavy (non-hydrogen) atoms. The van der Waals surface area contributed by atoms with Crippen molar-refractivity contribution in [3.8, 4) is 0 Å². The summed E-state index contributed by atoms with van der Waals surface area (Å²) in [7, 11) is 0. The first-order chi connectivity index (χ1) is 6.38. The second kappa shape index (κ2) is 6.41. The third-order valence-corrected chi connectivity index (χ3v) is 2.67. The summed E-state index contributed by atoms with van der Waals surface area (Å²) in [6, 6.07) is 0.716. The fraction of sp³-hybridized carbons (Fsp3) is 0.800. The summed E-state index contributed by atoms with van der Waals surface area (Å²) in [5.41, 5.74) is 1.62. The van der Waals surface area contributed by atoms with Crippen LogP contribution in [0.3, 0.4) is 0 Å². The molecule has 0 bridgehead atoms. The van der Waals surface area contributed by atoms with E-state index in [9.17, 15) is 0 Å². The molecule has 1 aliphatic heterocycles. The number of hydrogen-bond donors (Lipinski definition) is 1. The van der Waals surface area contributed by atoms with Crippen LogP contribution in [0.2, 0.25) is 0 Å². The summed E-state index contributed by atoms with van der Waals surface area (Å²) in [6.07, 6.45) is 4.51. The molecule has 0 aromatic carbocycles. The van der Waals surface area contributed by atoms with Crippen molar-refractivity contribution in [3.63, 3.8) is 0 Å². The highest BCUT2D eigenvalue weighted by Gasteiger charge is 2.20. The number of nitrogens with zero attached hydrogens (tertiary/aromatic N) is 1. The number of nitrogens with one attached hydrogen (secondary N) is 1. The first kappa shape index (κ1) is 11.0. The van der Waals surface area contributed by atoms with Gasteiger partial charge in [0.1, 0.15) is 0 Å². The van der Waals surface area contributed by atoms with Gasteiger partial charge in [-0.1, -0.05) is 24.6 Å². The minimum atomic E-state index is 0.716. The van der Waals surface area contributed by atoms with Gasteiger partial charge in [0, 0.05) is 24.7 Å². The molecule has 1 fully saturated rings. The first-order valence-corrected chi connectivity index (χ1v) is 5.52. The standard InChI is InChI=1S/C10H19ClN2/c1-2-7-13(8-3-5-11)10-4-6-12-9-10/h3,5,10,12H,2,4,6-9H2,1H3. The molecule has 1 unspecified atom stereocenters. The highest BCUT2D eigenvalue weighted by molar-refractivity contribution is 6.25. The van der Waals surface area contributed by atoms with E-state index in [0.717, 1.165) is 19.6 Å². The lowest BCUT2D eigenvalue weighted by Crippen LogP contribution is -2.37. The van der Waals surface area contributed by atoms with E-state index in [1.807, 2.05) is 6.08 Å². The van der Waals surface area contributed by atoms with Gasteiger partial charge in [0.05, 0.1) is 0 Å². The monoisotopic (exact) mass is 202 g/mol. The molecule has 0 amide bonds. The Labute approximate surface area is 85.9 Å². The van der Waals surface area contributed by atoms with Gasteiger partial charge in [-0.05, 0) is 25.9 Å². The molecule has 2 nitrogen and oxygen atoms in total. The van der Waals surface area contributed by atoms with Crippen molar-refractivity contribution in [2.75, 3.05) is 26.2 Å². The Bertz CT molecular complexity index is 153. The van der Waals surface area contributed by atoms with Gasteiger partial charge >= 0.3 is 0 Å². The zero-order valence-corrected chi connectivity index (χ0v) is 9.06. The number of halogens is 1. The van der Waals surface area contributed by atoms with Gasteiger partial charge in [0.15, 0.2) is 0 Å². The van der Waals surface area contributed by atoms with Crippen LogP contribution < -0.4 is 5.32 Å². The number of hydrogen-bond acceptors (Lipinski definition) is 2. The molecule has 0 saturated carbocycles. The molecule has 1 aliphatic rings. The van der Waals surface area contributed by atoms with Crippen LogP contribution >= 0.6 is 11.6 Å². The van der Waals surface area contributed by atoms with Crippen molar-refractivity contribution in [3.05, 3.63) is 11.6 Å². The van der Waals surface area contributed by atoms with E-state index in [1.54, 1.807) is 5.54 Å². The smallest absolute Gasteiger partial charge is 0.0236 e. The molecule has 1 heterocycles. The fourth-order valence-corrected chi connectivity index (χ4v) is 1.92. The fourth-order valence-electron chi connectivity index (χ4n) is 1.84. The van der Waals surface area contributed by atoms with Crippen LogP contribution in [0.4, 0.5) is 0 Å². The first-order valence-electron chi connectivity index (χ1n) is 5.08. The maximum atomic E-state index is 5.53. The van der Waals surface area contributed by atoms with Gasteiger partial charge in [-0.2, -0.15) is 0 Å². The van der Waals surface area contributed by atoms with Crippen molar-refractivity contribution in [2.45, 2.75) is 25.8 Å². The summed E-state index contributed by atoms with van der Waals surface area (Å²) in [6.45, 7) is 6.68. The Balaban J connectivity index is 2.35. The van der Waals surface area contributed by atoms with E-state index in [4.69, 9.17) is 11.6 Å². The van der Waals surface area contributed by atoms with Crippen LogP contribution in [0.5, 0.6) is 0 Å². The molecule has 1 atom stereocenters. The SMILES string of the molecule is CCCN(CC=CCl)C1CCNC1. The lowest BCUT2D eigenvalue weighted by Gasteiger charge is -2.26. The van der Waals surface area contributed by atoms with Crippen LogP contribution in [0.25, 0.3) is 0 Å². The molecule has 1 saturated heterocycles. The van der Waals surface area contributed by atoms with Crippen molar-refractivity contribution in [2.24, 2.45) is 0 Å². The van der Waals surface area contributed by atoms with Crippen LogP contribution in [0, 0.1) is 0 Å². The van der Waals surface area contributed by atoms with Crippen molar-refractivity contribution in [1.82, 2.24) is 10.2 Å². The molecular weight excluding hydrogens is 184 g/mol. The van der Waals surface area contributed by atoms with Gasteiger partial charge in [0.25, 0.3) is 0 Å². The van der Waals surface area contributed by atoms with E-state index in [2.05, 4.69) is 17.1 Å². The topological polar surface area (TPSA) is 15.3 Å². The van der Waals surface area contributed by atoms with E-state index in [0.29, 0.717) is 6.04 Å². The Hall–Kier alpha value is -0.0500. The Morgan fingerprint density at radius 3 is 3.00 bits per heavy atom. The maximum Gasteiger partial charge on any atom is 0.0236 e. The third kappa shape index (κ3) is 3.67. The highest BCUT2D eigenvalue weighted by Crippen LogP contribution is 2.08. The second-order valence-electron chi connectivity index (χ2n) is 3.50. The predicted molar refractivity (Wildman–Crippen MR) is 58.1 cm³/mol. The largest absolute Gasteiger partial charge is 0.315 e. The van der Waals surface area contributed by atoms with Crippen LogP contribution in [-0.4, -0.2) is 37.1 Å².